The Hall–Kier alpha value is -2.11. The first-order valence-electron chi connectivity index (χ1n) is 6.91. The molecule has 1 aromatic carbocycles. The van der Waals surface area contributed by atoms with Crippen LogP contribution >= 0.6 is 11.6 Å². The summed E-state index contributed by atoms with van der Waals surface area (Å²) in [4.78, 5) is 8.37. The molecule has 0 fully saturated rings. The molecule has 0 aliphatic heterocycles. The van der Waals surface area contributed by atoms with Crippen LogP contribution in [-0.4, -0.2) is 34.9 Å². The van der Waals surface area contributed by atoms with Gasteiger partial charge in [0.2, 0.25) is 0 Å². The minimum atomic E-state index is 0.443. The zero-order valence-electron chi connectivity index (χ0n) is 12.4. The fourth-order valence-corrected chi connectivity index (χ4v) is 2.55. The molecule has 0 saturated carbocycles. The van der Waals surface area contributed by atoms with Crippen LogP contribution in [0.2, 0.25) is 5.15 Å². The summed E-state index contributed by atoms with van der Waals surface area (Å²) in [5.41, 5.74) is 3.71. The minimum Gasteiger partial charge on any atom is -0.491 e. The van der Waals surface area contributed by atoms with Gasteiger partial charge in [-0.1, -0.05) is 11.6 Å². The Morgan fingerprint density at radius 1 is 1.14 bits per heavy atom. The van der Waals surface area contributed by atoms with Gasteiger partial charge in [0.05, 0.1) is 12.1 Å². The highest BCUT2D eigenvalue weighted by atomic mass is 35.5. The van der Waals surface area contributed by atoms with E-state index in [0.717, 1.165) is 28.0 Å². The van der Waals surface area contributed by atoms with Crippen molar-refractivity contribution in [1.82, 2.24) is 14.5 Å². The molecule has 0 spiro atoms. The van der Waals surface area contributed by atoms with Crippen molar-refractivity contribution in [2.75, 3.05) is 20.3 Å². The number of hydrogen-bond donors (Lipinski definition) is 0. The number of aromatic nitrogens is 3. The lowest BCUT2D eigenvalue weighted by molar-refractivity contribution is 0.146. The number of rotatable bonds is 5. The SMILES string of the molecule is COCCOc1ccc(-n2cc(C)c3ncnc(Cl)c32)cc1. The summed E-state index contributed by atoms with van der Waals surface area (Å²) in [6.45, 7) is 3.10. The number of halogens is 1. The fraction of sp³-hybridized carbons (Fsp3) is 0.250. The molecule has 0 bridgehead atoms. The summed E-state index contributed by atoms with van der Waals surface area (Å²) >= 11 is 6.23. The van der Waals surface area contributed by atoms with Gasteiger partial charge in [-0.3, -0.25) is 0 Å². The third kappa shape index (κ3) is 2.77. The molecule has 0 aliphatic carbocycles. The average Bonchev–Trinajstić information content (AvgIpc) is 2.87. The largest absolute Gasteiger partial charge is 0.491 e. The maximum absolute atomic E-state index is 6.23. The lowest BCUT2D eigenvalue weighted by Gasteiger charge is -2.08. The van der Waals surface area contributed by atoms with Crippen LogP contribution < -0.4 is 4.74 Å². The van der Waals surface area contributed by atoms with Crippen molar-refractivity contribution in [3.63, 3.8) is 0 Å². The van der Waals surface area contributed by atoms with Gasteiger partial charge in [0.15, 0.2) is 5.15 Å². The van der Waals surface area contributed by atoms with Crippen molar-refractivity contribution in [2.24, 2.45) is 0 Å². The first kappa shape index (κ1) is 14.8. The molecule has 6 heteroatoms. The number of benzene rings is 1. The summed E-state index contributed by atoms with van der Waals surface area (Å²) < 4.78 is 12.5. The second-order valence-corrected chi connectivity index (χ2v) is 5.24. The molecule has 0 unspecified atom stereocenters. The van der Waals surface area contributed by atoms with Crippen molar-refractivity contribution >= 4 is 22.6 Å². The average molecular weight is 318 g/mol. The third-order valence-electron chi connectivity index (χ3n) is 3.39. The first-order chi connectivity index (χ1) is 10.7. The lowest BCUT2D eigenvalue weighted by atomic mass is 10.3. The van der Waals surface area contributed by atoms with Crippen LogP contribution in [0.15, 0.2) is 36.8 Å². The van der Waals surface area contributed by atoms with Crippen molar-refractivity contribution < 1.29 is 9.47 Å². The molecule has 0 radical (unpaired) electrons. The molecule has 3 aromatic rings. The maximum atomic E-state index is 6.23. The molecule has 114 valence electrons. The van der Waals surface area contributed by atoms with Crippen LogP contribution in [0.25, 0.3) is 16.7 Å². The number of methoxy groups -OCH3 is 1. The Bertz CT molecular complexity index is 784. The van der Waals surface area contributed by atoms with Crippen molar-refractivity contribution in [3.8, 4) is 11.4 Å². The summed E-state index contributed by atoms with van der Waals surface area (Å²) in [7, 11) is 1.65. The second-order valence-electron chi connectivity index (χ2n) is 4.88. The van der Waals surface area contributed by atoms with Crippen LogP contribution in [0, 0.1) is 6.92 Å². The van der Waals surface area contributed by atoms with Gasteiger partial charge in [-0.15, -0.1) is 0 Å². The van der Waals surface area contributed by atoms with E-state index in [1.807, 2.05) is 42.0 Å². The molecule has 3 rings (SSSR count). The summed E-state index contributed by atoms with van der Waals surface area (Å²) in [5, 5.41) is 0.443. The van der Waals surface area contributed by atoms with Gasteiger partial charge >= 0.3 is 0 Å². The van der Waals surface area contributed by atoms with Gasteiger partial charge < -0.3 is 14.0 Å². The van der Waals surface area contributed by atoms with Crippen LogP contribution in [0.3, 0.4) is 0 Å². The van der Waals surface area contributed by atoms with Crippen molar-refractivity contribution in [3.05, 3.63) is 47.5 Å². The van der Waals surface area contributed by atoms with Crippen LogP contribution in [0.1, 0.15) is 5.56 Å². The van der Waals surface area contributed by atoms with E-state index in [-0.39, 0.29) is 0 Å². The van der Waals surface area contributed by atoms with Gasteiger partial charge in [0.1, 0.15) is 24.2 Å². The molecule has 0 N–H and O–H groups in total. The Morgan fingerprint density at radius 2 is 1.91 bits per heavy atom. The lowest BCUT2D eigenvalue weighted by Crippen LogP contribution is -2.04. The second kappa shape index (κ2) is 6.34. The Balaban J connectivity index is 1.94. The highest BCUT2D eigenvalue weighted by molar-refractivity contribution is 6.33. The normalized spacial score (nSPS) is 11.0. The highest BCUT2D eigenvalue weighted by Gasteiger charge is 2.12. The molecule has 5 nitrogen and oxygen atoms in total. The standard InChI is InChI=1S/C16H16ClN3O2/c1-11-9-20(15-14(11)18-10-19-16(15)17)12-3-5-13(6-4-12)22-8-7-21-2/h3-6,9-10H,7-8H2,1-2H3. The number of nitrogens with zero attached hydrogens (tertiary/aromatic N) is 3. The monoisotopic (exact) mass is 317 g/mol. The summed E-state index contributed by atoms with van der Waals surface area (Å²) in [6, 6.07) is 7.79. The van der Waals surface area contributed by atoms with Gasteiger partial charge in [-0.25, -0.2) is 9.97 Å². The molecule has 0 aliphatic rings. The predicted octanol–water partition coefficient (Wildman–Crippen LogP) is 3.41. The Labute approximate surface area is 133 Å². The van der Waals surface area contributed by atoms with Gasteiger partial charge in [-0.05, 0) is 36.8 Å². The van der Waals surface area contributed by atoms with E-state index in [1.54, 1.807) is 7.11 Å². The topological polar surface area (TPSA) is 49.2 Å². The minimum absolute atomic E-state index is 0.443. The fourth-order valence-electron chi connectivity index (χ4n) is 2.33. The number of ether oxygens (including phenoxy) is 2. The van der Waals surface area contributed by atoms with E-state index in [0.29, 0.717) is 18.4 Å². The Morgan fingerprint density at radius 3 is 2.64 bits per heavy atom. The molecule has 22 heavy (non-hydrogen) atoms. The zero-order chi connectivity index (χ0) is 15.5. The maximum Gasteiger partial charge on any atom is 0.157 e. The van der Waals surface area contributed by atoms with E-state index in [4.69, 9.17) is 21.1 Å². The summed E-state index contributed by atoms with van der Waals surface area (Å²) in [5.74, 6) is 0.802. The summed E-state index contributed by atoms with van der Waals surface area (Å²) in [6.07, 6.45) is 3.49. The molecule has 2 aromatic heterocycles. The number of aryl methyl sites for hydroxylation is 1. The van der Waals surface area contributed by atoms with Crippen LogP contribution in [0.5, 0.6) is 5.75 Å². The van der Waals surface area contributed by atoms with Gasteiger partial charge in [-0.2, -0.15) is 0 Å². The first-order valence-corrected chi connectivity index (χ1v) is 7.29. The van der Waals surface area contributed by atoms with Crippen molar-refractivity contribution in [1.29, 1.82) is 0 Å². The third-order valence-corrected chi connectivity index (χ3v) is 3.66. The quantitative estimate of drug-likeness (QED) is 0.534. The smallest absolute Gasteiger partial charge is 0.157 e. The molecular weight excluding hydrogens is 302 g/mol. The molecule has 0 atom stereocenters. The van der Waals surface area contributed by atoms with E-state index in [9.17, 15) is 0 Å². The van der Waals surface area contributed by atoms with Gasteiger partial charge in [0, 0.05) is 19.0 Å². The van der Waals surface area contributed by atoms with E-state index in [2.05, 4.69) is 9.97 Å². The van der Waals surface area contributed by atoms with E-state index < -0.39 is 0 Å². The predicted molar refractivity (Wildman–Crippen MR) is 86.0 cm³/mol. The molecule has 0 amide bonds. The van der Waals surface area contributed by atoms with E-state index in [1.165, 1.54) is 6.33 Å². The highest BCUT2D eigenvalue weighted by Crippen LogP contribution is 2.27. The van der Waals surface area contributed by atoms with Gasteiger partial charge in [0.25, 0.3) is 0 Å². The number of fused-ring (bicyclic) bond motifs is 1. The Kier molecular flexibility index (Phi) is 4.27. The van der Waals surface area contributed by atoms with Crippen LogP contribution in [0.4, 0.5) is 0 Å². The molecule has 0 saturated heterocycles. The zero-order valence-corrected chi connectivity index (χ0v) is 13.2. The number of hydrogen-bond acceptors (Lipinski definition) is 4. The van der Waals surface area contributed by atoms with Crippen molar-refractivity contribution in [2.45, 2.75) is 6.92 Å². The molecular formula is C16H16ClN3O2. The molecule has 2 heterocycles. The van der Waals surface area contributed by atoms with Crippen LogP contribution in [-0.2, 0) is 4.74 Å². The van der Waals surface area contributed by atoms with E-state index >= 15 is 0 Å².